The quantitative estimate of drug-likeness (QED) is 0.931. The van der Waals surface area contributed by atoms with E-state index in [1.807, 2.05) is 11.9 Å². The van der Waals surface area contributed by atoms with Crippen molar-refractivity contribution in [3.05, 3.63) is 21.4 Å². The first-order valence-corrected chi connectivity index (χ1v) is 9.06. The van der Waals surface area contributed by atoms with Crippen LogP contribution in [0.2, 0.25) is 0 Å². The molecule has 0 unspecified atom stereocenters. The highest BCUT2D eigenvalue weighted by molar-refractivity contribution is 7.10. The van der Waals surface area contributed by atoms with Gasteiger partial charge < -0.3 is 10.0 Å². The van der Waals surface area contributed by atoms with Crippen LogP contribution in [0.15, 0.2) is 5.38 Å². The number of fused-ring (bicyclic) bond motifs is 1. The van der Waals surface area contributed by atoms with Gasteiger partial charge in [-0.25, -0.2) is 0 Å². The smallest absolute Gasteiger partial charge is 0.254 e. The van der Waals surface area contributed by atoms with Crippen LogP contribution in [0.3, 0.4) is 0 Å². The van der Waals surface area contributed by atoms with Crippen molar-refractivity contribution >= 4 is 17.2 Å². The summed E-state index contributed by atoms with van der Waals surface area (Å²) in [6.45, 7) is 0.294. The van der Waals surface area contributed by atoms with Crippen molar-refractivity contribution in [2.75, 3.05) is 13.7 Å². The van der Waals surface area contributed by atoms with E-state index in [2.05, 4.69) is 5.38 Å². The topological polar surface area (TPSA) is 40.5 Å². The van der Waals surface area contributed by atoms with E-state index in [4.69, 9.17) is 0 Å². The number of thiophene rings is 1. The highest BCUT2D eigenvalue weighted by Crippen LogP contribution is 2.32. The summed E-state index contributed by atoms with van der Waals surface area (Å²) in [7, 11) is 1.96. The maximum atomic E-state index is 12.8. The fourth-order valence-electron chi connectivity index (χ4n) is 3.74. The van der Waals surface area contributed by atoms with Crippen molar-refractivity contribution in [3.63, 3.8) is 0 Å². The second kappa shape index (κ2) is 6.49. The number of carbonyl (C=O) groups is 1. The second-order valence-electron chi connectivity index (χ2n) is 6.53. The zero-order chi connectivity index (χ0) is 14.8. The molecule has 0 spiro atoms. The van der Waals surface area contributed by atoms with E-state index < -0.39 is 0 Å². The van der Waals surface area contributed by atoms with E-state index in [0.717, 1.165) is 44.1 Å². The summed E-state index contributed by atoms with van der Waals surface area (Å²) in [4.78, 5) is 16.2. The molecule has 1 N–H and O–H groups in total. The Morgan fingerprint density at radius 2 is 2.00 bits per heavy atom. The second-order valence-corrected chi connectivity index (χ2v) is 7.50. The lowest BCUT2D eigenvalue weighted by Gasteiger charge is -2.34. The molecule has 2 aliphatic carbocycles. The van der Waals surface area contributed by atoms with E-state index in [1.54, 1.807) is 11.3 Å². The third kappa shape index (κ3) is 3.02. The maximum Gasteiger partial charge on any atom is 0.254 e. The Bertz CT molecular complexity index is 503. The Balaban J connectivity index is 1.69. The minimum Gasteiger partial charge on any atom is -0.396 e. The van der Waals surface area contributed by atoms with Crippen LogP contribution in [0, 0.1) is 5.92 Å². The Hall–Kier alpha value is -0.870. The third-order valence-corrected chi connectivity index (χ3v) is 6.32. The number of aliphatic hydroxyl groups is 1. The van der Waals surface area contributed by atoms with Crippen molar-refractivity contribution in [3.8, 4) is 0 Å². The third-order valence-electron chi connectivity index (χ3n) is 5.23. The fraction of sp³-hybridized carbons (Fsp3) is 0.706. The summed E-state index contributed by atoms with van der Waals surface area (Å²) in [5.74, 6) is 0.653. The van der Waals surface area contributed by atoms with E-state index in [0.29, 0.717) is 18.6 Å². The lowest BCUT2D eigenvalue weighted by molar-refractivity contribution is 0.0652. The predicted molar refractivity (Wildman–Crippen MR) is 85.9 cm³/mol. The summed E-state index contributed by atoms with van der Waals surface area (Å²) in [5.41, 5.74) is 2.29. The first-order chi connectivity index (χ1) is 10.2. The van der Waals surface area contributed by atoms with Crippen molar-refractivity contribution in [1.82, 2.24) is 4.90 Å². The van der Waals surface area contributed by atoms with Gasteiger partial charge in [-0.15, -0.1) is 11.3 Å². The van der Waals surface area contributed by atoms with Gasteiger partial charge in [0.25, 0.3) is 5.91 Å². The molecule has 1 heterocycles. The number of rotatable bonds is 3. The van der Waals surface area contributed by atoms with Gasteiger partial charge in [0.15, 0.2) is 0 Å². The maximum absolute atomic E-state index is 12.8. The molecule has 1 fully saturated rings. The van der Waals surface area contributed by atoms with Gasteiger partial charge in [0, 0.05) is 30.0 Å². The van der Waals surface area contributed by atoms with Crippen LogP contribution in [-0.2, 0) is 12.8 Å². The molecular formula is C17H25NO2S. The van der Waals surface area contributed by atoms with Crippen LogP contribution < -0.4 is 0 Å². The van der Waals surface area contributed by atoms with Gasteiger partial charge in [0.1, 0.15) is 0 Å². The molecule has 0 aliphatic heterocycles. The first kappa shape index (κ1) is 15.0. The lowest BCUT2D eigenvalue weighted by atomic mass is 9.85. The number of hydrogen-bond acceptors (Lipinski definition) is 3. The highest BCUT2D eigenvalue weighted by atomic mass is 32.1. The molecule has 0 bridgehead atoms. The summed E-state index contributed by atoms with van der Waals surface area (Å²) in [5, 5.41) is 11.3. The minimum absolute atomic E-state index is 0.210. The van der Waals surface area contributed by atoms with Gasteiger partial charge >= 0.3 is 0 Å². The number of aryl methyl sites for hydroxylation is 1. The van der Waals surface area contributed by atoms with Gasteiger partial charge in [0.05, 0.1) is 5.56 Å². The Kier molecular flexibility index (Phi) is 4.65. The van der Waals surface area contributed by atoms with Crippen LogP contribution in [0.25, 0.3) is 0 Å². The number of aliphatic hydroxyl groups excluding tert-OH is 1. The Morgan fingerprint density at radius 1 is 1.29 bits per heavy atom. The zero-order valence-electron chi connectivity index (χ0n) is 12.8. The van der Waals surface area contributed by atoms with Gasteiger partial charge in [-0.05, 0) is 62.8 Å². The lowest BCUT2D eigenvalue weighted by Crippen LogP contribution is -2.40. The van der Waals surface area contributed by atoms with E-state index in [9.17, 15) is 9.90 Å². The van der Waals surface area contributed by atoms with E-state index in [-0.39, 0.29) is 5.91 Å². The summed E-state index contributed by atoms with van der Waals surface area (Å²) < 4.78 is 0. The largest absolute Gasteiger partial charge is 0.396 e. The standard InChI is InChI=1S/C17H25NO2S/c1-18(13-8-6-12(10-19)7-9-13)17(20)15-11-21-16-5-3-2-4-14(15)16/h11-13,19H,2-10H2,1H3. The first-order valence-electron chi connectivity index (χ1n) is 8.18. The van der Waals surface area contributed by atoms with Crippen LogP contribution in [0.4, 0.5) is 0 Å². The van der Waals surface area contributed by atoms with Gasteiger partial charge in [-0.1, -0.05) is 0 Å². The van der Waals surface area contributed by atoms with E-state index in [1.165, 1.54) is 23.3 Å². The number of hydrogen-bond donors (Lipinski definition) is 1. The van der Waals surface area contributed by atoms with Crippen LogP contribution in [0.1, 0.15) is 59.3 Å². The molecule has 4 heteroatoms. The molecule has 0 saturated heterocycles. The van der Waals surface area contributed by atoms with Crippen LogP contribution in [-0.4, -0.2) is 35.6 Å². The van der Waals surface area contributed by atoms with E-state index >= 15 is 0 Å². The summed E-state index contributed by atoms with van der Waals surface area (Å²) >= 11 is 1.77. The monoisotopic (exact) mass is 307 g/mol. The molecule has 3 rings (SSSR count). The molecule has 2 aliphatic rings. The summed E-state index contributed by atoms with van der Waals surface area (Å²) in [6, 6.07) is 0.347. The molecule has 0 radical (unpaired) electrons. The minimum atomic E-state index is 0.210. The molecule has 1 aromatic heterocycles. The SMILES string of the molecule is CN(C(=O)c1csc2c1CCCC2)C1CCC(CO)CC1. The van der Waals surface area contributed by atoms with Crippen molar-refractivity contribution < 1.29 is 9.90 Å². The molecule has 1 saturated carbocycles. The van der Waals surface area contributed by atoms with Crippen LogP contribution in [0.5, 0.6) is 0 Å². The summed E-state index contributed by atoms with van der Waals surface area (Å²) in [6.07, 6.45) is 8.85. The average Bonchev–Trinajstić information content (AvgIpc) is 2.97. The van der Waals surface area contributed by atoms with Crippen LogP contribution >= 0.6 is 11.3 Å². The Labute approximate surface area is 131 Å². The van der Waals surface area contributed by atoms with Gasteiger partial charge in [0.2, 0.25) is 0 Å². The molecule has 1 aromatic rings. The predicted octanol–water partition coefficient (Wildman–Crippen LogP) is 3.25. The number of nitrogens with zero attached hydrogens (tertiary/aromatic N) is 1. The molecule has 3 nitrogen and oxygen atoms in total. The molecule has 21 heavy (non-hydrogen) atoms. The number of amides is 1. The fourth-order valence-corrected chi connectivity index (χ4v) is 4.86. The van der Waals surface area contributed by atoms with Gasteiger partial charge in [-0.3, -0.25) is 4.79 Å². The van der Waals surface area contributed by atoms with Gasteiger partial charge in [-0.2, -0.15) is 0 Å². The average molecular weight is 307 g/mol. The van der Waals surface area contributed by atoms with Crippen molar-refractivity contribution in [2.24, 2.45) is 5.92 Å². The molecular weight excluding hydrogens is 282 g/mol. The Morgan fingerprint density at radius 3 is 2.71 bits per heavy atom. The highest BCUT2D eigenvalue weighted by Gasteiger charge is 2.29. The molecule has 116 valence electrons. The molecule has 0 aromatic carbocycles. The normalized spacial score (nSPS) is 25.4. The van der Waals surface area contributed by atoms with Crippen molar-refractivity contribution in [2.45, 2.75) is 57.4 Å². The molecule has 1 amide bonds. The molecule has 0 atom stereocenters. The zero-order valence-corrected chi connectivity index (χ0v) is 13.6. The number of carbonyl (C=O) groups excluding carboxylic acids is 1. The van der Waals surface area contributed by atoms with Crippen molar-refractivity contribution in [1.29, 1.82) is 0 Å².